The fourth-order valence-corrected chi connectivity index (χ4v) is 3.01. The van der Waals surface area contributed by atoms with E-state index in [1.54, 1.807) is 12.3 Å². The molecule has 5 nitrogen and oxygen atoms in total. The van der Waals surface area contributed by atoms with Gasteiger partial charge in [-0.3, -0.25) is 9.59 Å². The number of aliphatic carboxylic acids is 1. The predicted molar refractivity (Wildman–Crippen MR) is 83.1 cm³/mol. The molecule has 0 saturated heterocycles. The fraction of sp³-hybridized carbons (Fsp3) is 0.533. The highest BCUT2D eigenvalue weighted by Gasteiger charge is 2.41. The minimum Gasteiger partial charge on any atom is -0.481 e. The van der Waals surface area contributed by atoms with E-state index in [1.165, 1.54) is 0 Å². The van der Waals surface area contributed by atoms with Gasteiger partial charge in [-0.15, -0.1) is 0 Å². The Morgan fingerprint density at radius 2 is 2.05 bits per heavy atom. The van der Waals surface area contributed by atoms with Crippen LogP contribution in [0, 0.1) is 12.3 Å². The van der Waals surface area contributed by atoms with Gasteiger partial charge in [0.15, 0.2) is 0 Å². The summed E-state index contributed by atoms with van der Waals surface area (Å²) in [4.78, 5) is 27.8. The summed E-state index contributed by atoms with van der Waals surface area (Å²) in [5.41, 5.74) is 0.0538. The van der Waals surface area contributed by atoms with E-state index >= 15 is 0 Å². The number of pyridine rings is 1. The number of carboxylic acid groups (broad SMARTS) is 1. The smallest absolute Gasteiger partial charge is 0.310 e. The molecular weight excluding hydrogens is 336 g/mol. The zero-order valence-corrected chi connectivity index (χ0v) is 13.6. The third-order valence-electron chi connectivity index (χ3n) is 4.08. The van der Waals surface area contributed by atoms with E-state index in [2.05, 4.69) is 26.2 Å². The summed E-state index contributed by atoms with van der Waals surface area (Å²) in [7, 11) is 0. The lowest BCUT2D eigenvalue weighted by Crippen LogP contribution is -2.37. The Kier molecular flexibility index (Phi) is 4.98. The van der Waals surface area contributed by atoms with Crippen molar-refractivity contribution in [2.45, 2.75) is 45.4 Å². The second kappa shape index (κ2) is 6.56. The van der Waals surface area contributed by atoms with Crippen LogP contribution in [0.4, 0.5) is 5.82 Å². The Morgan fingerprint density at radius 1 is 1.38 bits per heavy atom. The molecule has 1 aliphatic carbocycles. The number of nitrogens with one attached hydrogen (secondary N) is 1. The number of carboxylic acids is 1. The van der Waals surface area contributed by atoms with Crippen molar-refractivity contribution in [1.82, 2.24) is 4.98 Å². The lowest BCUT2D eigenvalue weighted by atomic mass is 9.71. The minimum absolute atomic E-state index is 0.0130. The normalized spacial score (nSPS) is 17.2. The Balaban J connectivity index is 2.05. The van der Waals surface area contributed by atoms with E-state index in [9.17, 15) is 14.7 Å². The van der Waals surface area contributed by atoms with Gasteiger partial charge in [0.05, 0.1) is 5.41 Å². The highest BCUT2D eigenvalue weighted by atomic mass is 79.9. The summed E-state index contributed by atoms with van der Waals surface area (Å²) >= 11 is 3.35. The first-order valence-corrected chi connectivity index (χ1v) is 7.88. The molecule has 6 heteroatoms. The maximum Gasteiger partial charge on any atom is 0.310 e. The van der Waals surface area contributed by atoms with Gasteiger partial charge in [-0.2, -0.15) is 0 Å². The Bertz CT molecular complexity index is 554. The van der Waals surface area contributed by atoms with Gasteiger partial charge in [0.2, 0.25) is 5.91 Å². The monoisotopic (exact) mass is 354 g/mol. The van der Waals surface area contributed by atoms with Crippen molar-refractivity contribution < 1.29 is 14.7 Å². The van der Waals surface area contributed by atoms with Crippen LogP contribution in [0.3, 0.4) is 0 Å². The van der Waals surface area contributed by atoms with Crippen LogP contribution in [-0.2, 0) is 9.59 Å². The number of rotatable bonds is 4. The quantitative estimate of drug-likeness (QED) is 0.866. The lowest BCUT2D eigenvalue weighted by molar-refractivity contribution is -0.153. The number of aryl methyl sites for hydroxylation is 1. The standard InChI is InChI=1S/C15H19BrN2O3/c1-10-7-12(17-9-11(10)16)18-13(19)8-15(14(20)21)5-3-2-4-6-15/h7,9H,2-6,8H2,1H3,(H,20,21)(H,17,18,19). The van der Waals surface area contributed by atoms with E-state index in [-0.39, 0.29) is 12.3 Å². The lowest BCUT2D eigenvalue weighted by Gasteiger charge is -2.32. The van der Waals surface area contributed by atoms with Gasteiger partial charge >= 0.3 is 5.97 Å². The van der Waals surface area contributed by atoms with E-state index in [0.29, 0.717) is 18.7 Å². The number of amides is 1. The van der Waals surface area contributed by atoms with Gasteiger partial charge in [0.1, 0.15) is 5.82 Å². The molecule has 0 atom stereocenters. The molecule has 114 valence electrons. The molecule has 1 heterocycles. The number of carbonyl (C=O) groups is 2. The highest BCUT2D eigenvalue weighted by Crippen LogP contribution is 2.39. The third kappa shape index (κ3) is 3.81. The van der Waals surface area contributed by atoms with E-state index < -0.39 is 11.4 Å². The number of anilines is 1. The van der Waals surface area contributed by atoms with E-state index in [0.717, 1.165) is 29.3 Å². The van der Waals surface area contributed by atoms with E-state index in [1.807, 2.05) is 6.92 Å². The van der Waals surface area contributed by atoms with Crippen LogP contribution in [0.1, 0.15) is 44.1 Å². The number of hydrogen-bond acceptors (Lipinski definition) is 3. The first-order valence-electron chi connectivity index (χ1n) is 7.08. The van der Waals surface area contributed by atoms with Gasteiger partial charge in [-0.05, 0) is 47.3 Å². The van der Waals surface area contributed by atoms with Crippen LogP contribution in [0.15, 0.2) is 16.7 Å². The maximum absolute atomic E-state index is 12.2. The summed E-state index contributed by atoms with van der Waals surface area (Å²) in [5.74, 6) is -0.692. The van der Waals surface area contributed by atoms with Crippen LogP contribution >= 0.6 is 15.9 Å². The number of carbonyl (C=O) groups excluding carboxylic acids is 1. The largest absolute Gasteiger partial charge is 0.481 e. The molecule has 0 radical (unpaired) electrons. The molecule has 1 saturated carbocycles. The Hall–Kier alpha value is -1.43. The second-order valence-corrected chi connectivity index (χ2v) is 6.54. The van der Waals surface area contributed by atoms with Crippen LogP contribution in [0.2, 0.25) is 0 Å². The van der Waals surface area contributed by atoms with Crippen molar-refractivity contribution in [2.75, 3.05) is 5.32 Å². The van der Waals surface area contributed by atoms with Crippen LogP contribution in [0.5, 0.6) is 0 Å². The number of halogens is 1. The summed E-state index contributed by atoms with van der Waals surface area (Å²) in [5, 5.41) is 12.2. The molecular formula is C15H19BrN2O3. The van der Waals surface area contributed by atoms with Gasteiger partial charge in [0, 0.05) is 17.1 Å². The molecule has 2 rings (SSSR count). The topological polar surface area (TPSA) is 79.3 Å². The Labute approximate surface area is 132 Å². The molecule has 1 amide bonds. The van der Waals surface area contributed by atoms with Crippen LogP contribution in [-0.4, -0.2) is 22.0 Å². The third-order valence-corrected chi connectivity index (χ3v) is 4.91. The minimum atomic E-state index is -0.910. The molecule has 1 fully saturated rings. The molecule has 2 N–H and O–H groups in total. The molecule has 21 heavy (non-hydrogen) atoms. The summed E-state index contributed by atoms with van der Waals surface area (Å²) < 4.78 is 0.870. The van der Waals surface area contributed by atoms with Crippen molar-refractivity contribution in [3.63, 3.8) is 0 Å². The molecule has 0 aliphatic heterocycles. The van der Waals surface area contributed by atoms with E-state index in [4.69, 9.17) is 0 Å². The first kappa shape index (κ1) is 15.9. The molecule has 0 bridgehead atoms. The molecule has 1 aliphatic rings. The van der Waals surface area contributed by atoms with Gasteiger partial charge < -0.3 is 10.4 Å². The molecule has 0 aromatic carbocycles. The first-order chi connectivity index (χ1) is 9.93. The van der Waals surface area contributed by atoms with Gasteiger partial charge in [-0.25, -0.2) is 4.98 Å². The van der Waals surface area contributed by atoms with Crippen molar-refractivity contribution >= 4 is 33.6 Å². The number of aromatic nitrogens is 1. The van der Waals surface area contributed by atoms with Crippen molar-refractivity contribution in [3.8, 4) is 0 Å². The summed E-state index contributed by atoms with van der Waals surface area (Å²) in [6, 6.07) is 1.76. The second-order valence-electron chi connectivity index (χ2n) is 5.69. The number of nitrogens with zero attached hydrogens (tertiary/aromatic N) is 1. The van der Waals surface area contributed by atoms with Crippen LogP contribution in [0.25, 0.3) is 0 Å². The fourth-order valence-electron chi connectivity index (χ4n) is 2.80. The predicted octanol–water partition coefficient (Wildman–Crippen LogP) is 3.52. The zero-order valence-electron chi connectivity index (χ0n) is 12.0. The molecule has 1 aromatic rings. The SMILES string of the molecule is Cc1cc(NC(=O)CC2(C(=O)O)CCCCC2)ncc1Br. The zero-order chi connectivity index (χ0) is 15.5. The molecule has 1 aromatic heterocycles. The molecule has 0 unspecified atom stereocenters. The average molecular weight is 355 g/mol. The van der Waals surface area contributed by atoms with Crippen molar-refractivity contribution in [1.29, 1.82) is 0 Å². The highest BCUT2D eigenvalue weighted by molar-refractivity contribution is 9.10. The molecule has 0 spiro atoms. The maximum atomic E-state index is 12.2. The van der Waals surface area contributed by atoms with Crippen molar-refractivity contribution in [2.24, 2.45) is 5.41 Å². The van der Waals surface area contributed by atoms with Gasteiger partial charge in [-0.1, -0.05) is 19.3 Å². The number of hydrogen-bond donors (Lipinski definition) is 2. The van der Waals surface area contributed by atoms with Gasteiger partial charge in [0.25, 0.3) is 0 Å². The van der Waals surface area contributed by atoms with Crippen LogP contribution < -0.4 is 5.32 Å². The van der Waals surface area contributed by atoms with Crippen molar-refractivity contribution in [3.05, 3.63) is 22.3 Å². The summed E-state index contributed by atoms with van der Waals surface area (Å²) in [6.07, 6.45) is 5.57. The summed E-state index contributed by atoms with van der Waals surface area (Å²) in [6.45, 7) is 1.90. The average Bonchev–Trinajstić information content (AvgIpc) is 2.43. The Morgan fingerprint density at radius 3 is 2.62 bits per heavy atom.